The van der Waals surface area contributed by atoms with E-state index in [-0.39, 0.29) is 29.1 Å². The van der Waals surface area contributed by atoms with Crippen molar-refractivity contribution >= 4 is 22.6 Å². The third-order valence-electron chi connectivity index (χ3n) is 8.57. The van der Waals surface area contributed by atoms with E-state index in [1.807, 2.05) is 19.9 Å². The number of methoxy groups -OCH3 is 1. The molecule has 2 rings (SSSR count). The molecule has 6 nitrogen and oxygen atoms in total. The molecule has 1 aliphatic heterocycles. The van der Waals surface area contributed by atoms with E-state index >= 15 is 0 Å². The molecule has 1 aliphatic rings. The molecule has 0 aliphatic carbocycles. The fourth-order valence-electron chi connectivity index (χ4n) is 3.84. The monoisotopic (exact) mass is 550 g/mol. The van der Waals surface area contributed by atoms with E-state index in [9.17, 15) is 9.90 Å². The second-order valence-corrected chi connectivity index (χ2v) is 22.9. The Labute approximate surface area is 227 Å². The average molecular weight is 551 g/mol. The number of hydrogen-bond donors (Lipinski definition) is 1. The van der Waals surface area contributed by atoms with Crippen LogP contribution in [0.15, 0.2) is 11.6 Å². The first kappa shape index (κ1) is 31.6. The number of carbonyl (C=O) groups is 1. The molecular weight excluding hydrogens is 500 g/mol. The molecule has 0 bridgehead atoms. The summed E-state index contributed by atoms with van der Waals surface area (Å²) in [6.07, 6.45) is 2.31. The van der Waals surface area contributed by atoms with Gasteiger partial charge in [-0.2, -0.15) is 0 Å². The fourth-order valence-corrected chi connectivity index (χ4v) is 5.94. The summed E-state index contributed by atoms with van der Waals surface area (Å²) in [6.45, 7) is 26.7. The second-order valence-electron chi connectivity index (χ2n) is 13.3. The highest BCUT2D eigenvalue weighted by Crippen LogP contribution is 2.47. The molecule has 0 aromatic heterocycles. The average Bonchev–Trinajstić information content (AvgIpc) is 3.14. The van der Waals surface area contributed by atoms with Crippen molar-refractivity contribution in [3.05, 3.63) is 33.9 Å². The molecule has 1 atom stereocenters. The molecule has 37 heavy (non-hydrogen) atoms. The van der Waals surface area contributed by atoms with Crippen LogP contribution in [0.3, 0.4) is 0 Å². The number of rotatable bonds is 10. The van der Waals surface area contributed by atoms with E-state index in [0.717, 1.165) is 28.7 Å². The van der Waals surface area contributed by atoms with Gasteiger partial charge in [0.25, 0.3) is 8.32 Å². The summed E-state index contributed by atoms with van der Waals surface area (Å²) < 4.78 is 24.3. The molecule has 0 saturated carbocycles. The van der Waals surface area contributed by atoms with Crippen molar-refractivity contribution in [1.82, 2.24) is 0 Å². The van der Waals surface area contributed by atoms with Crippen LogP contribution in [0.4, 0.5) is 0 Å². The van der Waals surface area contributed by atoms with Crippen LogP contribution in [-0.2, 0) is 22.2 Å². The van der Waals surface area contributed by atoms with E-state index < -0.39 is 22.7 Å². The van der Waals surface area contributed by atoms with Gasteiger partial charge in [0, 0.05) is 24.2 Å². The van der Waals surface area contributed by atoms with Crippen molar-refractivity contribution in [3.63, 3.8) is 0 Å². The molecule has 0 radical (unpaired) electrons. The minimum absolute atomic E-state index is 0.0731. The molecule has 0 amide bonds. The van der Waals surface area contributed by atoms with E-state index in [4.69, 9.17) is 18.3 Å². The first-order valence-corrected chi connectivity index (χ1v) is 19.1. The number of cyclic esters (lactones) is 1. The molecule has 0 fully saturated rings. The van der Waals surface area contributed by atoms with Crippen molar-refractivity contribution in [2.45, 2.75) is 117 Å². The third kappa shape index (κ3) is 6.88. The normalized spacial score (nSPS) is 15.9. The number of aliphatic hydroxyl groups excluding tert-OH is 1. The van der Waals surface area contributed by atoms with Gasteiger partial charge in [0.2, 0.25) is 0 Å². The predicted octanol–water partition coefficient (Wildman–Crippen LogP) is 7.32. The van der Waals surface area contributed by atoms with Crippen molar-refractivity contribution in [2.24, 2.45) is 0 Å². The minimum Gasteiger partial charge on any atom is -0.543 e. The summed E-state index contributed by atoms with van der Waals surface area (Å²) in [5.41, 5.74) is 3.73. The lowest BCUT2D eigenvalue weighted by Crippen LogP contribution is -2.44. The van der Waals surface area contributed by atoms with E-state index in [1.165, 1.54) is 0 Å². The van der Waals surface area contributed by atoms with Crippen LogP contribution in [0.5, 0.6) is 11.5 Å². The van der Waals surface area contributed by atoms with Gasteiger partial charge in [0.15, 0.2) is 8.32 Å². The number of aliphatic hydroxyl groups is 1. The van der Waals surface area contributed by atoms with Gasteiger partial charge in [0.05, 0.1) is 13.2 Å². The Hall–Kier alpha value is -1.62. The van der Waals surface area contributed by atoms with Crippen LogP contribution in [0.1, 0.15) is 81.9 Å². The molecule has 1 unspecified atom stereocenters. The van der Waals surface area contributed by atoms with Gasteiger partial charge in [-0.1, -0.05) is 47.6 Å². The van der Waals surface area contributed by atoms with E-state index in [2.05, 4.69) is 67.7 Å². The van der Waals surface area contributed by atoms with Gasteiger partial charge in [-0.05, 0) is 67.7 Å². The Morgan fingerprint density at radius 3 is 2.14 bits per heavy atom. The Kier molecular flexibility index (Phi) is 9.60. The number of ether oxygens (including phenoxy) is 2. The smallest absolute Gasteiger partial charge is 0.342 e. The fraction of sp³-hybridized carbons (Fsp3) is 0.690. The number of hydrogen-bond acceptors (Lipinski definition) is 6. The van der Waals surface area contributed by atoms with Gasteiger partial charge >= 0.3 is 5.97 Å². The maximum Gasteiger partial charge on any atom is 0.342 e. The zero-order valence-corrected chi connectivity index (χ0v) is 27.5. The van der Waals surface area contributed by atoms with Crippen molar-refractivity contribution < 1.29 is 28.2 Å². The second kappa shape index (κ2) is 11.2. The van der Waals surface area contributed by atoms with Crippen molar-refractivity contribution in [1.29, 1.82) is 0 Å². The van der Waals surface area contributed by atoms with E-state index in [1.54, 1.807) is 7.11 Å². The number of esters is 1. The molecule has 1 aromatic rings. The predicted molar refractivity (Wildman–Crippen MR) is 156 cm³/mol. The molecule has 1 heterocycles. The molecular formula is C29H50O6Si2. The summed E-state index contributed by atoms with van der Waals surface area (Å²) in [7, 11) is -2.50. The van der Waals surface area contributed by atoms with Gasteiger partial charge < -0.3 is 23.4 Å². The quantitative estimate of drug-likeness (QED) is 0.142. The first-order chi connectivity index (χ1) is 16.7. The molecule has 1 aromatic carbocycles. The molecule has 8 heteroatoms. The highest BCUT2D eigenvalue weighted by molar-refractivity contribution is 6.75. The van der Waals surface area contributed by atoms with E-state index in [0.29, 0.717) is 23.7 Å². The summed E-state index contributed by atoms with van der Waals surface area (Å²) in [4.78, 5) is 12.9. The molecule has 0 spiro atoms. The summed E-state index contributed by atoms with van der Waals surface area (Å²) in [5, 5.41) is 11.3. The minimum atomic E-state index is -2.31. The Bertz CT molecular complexity index is 1030. The Morgan fingerprint density at radius 2 is 1.62 bits per heavy atom. The van der Waals surface area contributed by atoms with Crippen LogP contribution in [0, 0.1) is 6.92 Å². The van der Waals surface area contributed by atoms with Crippen molar-refractivity contribution in [2.75, 3.05) is 13.7 Å². The maximum absolute atomic E-state index is 12.9. The van der Waals surface area contributed by atoms with Crippen LogP contribution >= 0.6 is 0 Å². The molecule has 0 saturated heterocycles. The largest absolute Gasteiger partial charge is 0.543 e. The topological polar surface area (TPSA) is 74.2 Å². The lowest BCUT2D eigenvalue weighted by Gasteiger charge is -2.38. The van der Waals surface area contributed by atoms with Gasteiger partial charge in [-0.25, -0.2) is 4.79 Å². The standard InChI is InChI=1S/C29H50O6Si2/c1-19(15-14-16-34-36(10,11)28(3,4)5)23(30)17-21-25(32-9)20(2)22-18-33-27(31)24(22)26(21)35-37(12,13)29(6,7)8/h15,23,30H,14,16-18H2,1-13H3. The first-order valence-electron chi connectivity index (χ1n) is 13.3. The number of carbonyl (C=O) groups excluding carboxylic acids is 1. The molecule has 210 valence electrons. The number of fused-ring (bicyclic) bond motifs is 1. The molecule has 1 N–H and O–H groups in total. The SMILES string of the molecule is COc1c(C)c2c(c(O[Si](C)(C)C(C)(C)C)c1CC(O)C(C)=CCCO[Si](C)(C)C(C)(C)C)C(=O)OC2. The zero-order valence-electron chi connectivity index (χ0n) is 25.5. The van der Waals surface area contributed by atoms with Crippen LogP contribution in [-0.4, -0.2) is 47.5 Å². The highest BCUT2D eigenvalue weighted by Gasteiger charge is 2.43. The van der Waals surface area contributed by atoms with Gasteiger partial charge in [0.1, 0.15) is 23.7 Å². The number of benzene rings is 1. The lowest BCUT2D eigenvalue weighted by atomic mass is 9.92. The van der Waals surface area contributed by atoms with Crippen LogP contribution in [0.25, 0.3) is 0 Å². The van der Waals surface area contributed by atoms with Crippen LogP contribution < -0.4 is 9.16 Å². The van der Waals surface area contributed by atoms with Crippen molar-refractivity contribution in [3.8, 4) is 11.5 Å². The zero-order chi connectivity index (χ0) is 28.6. The van der Waals surface area contributed by atoms with Gasteiger partial charge in [-0.15, -0.1) is 0 Å². The lowest BCUT2D eigenvalue weighted by molar-refractivity contribution is 0.0533. The third-order valence-corrected chi connectivity index (χ3v) is 17.4. The summed E-state index contributed by atoms with van der Waals surface area (Å²) in [6, 6.07) is 0. The Balaban J connectivity index is 2.41. The summed E-state index contributed by atoms with van der Waals surface area (Å²) in [5.74, 6) is 0.791. The summed E-state index contributed by atoms with van der Waals surface area (Å²) >= 11 is 0. The van der Waals surface area contributed by atoms with Crippen LogP contribution in [0.2, 0.25) is 36.3 Å². The van der Waals surface area contributed by atoms with Gasteiger partial charge in [-0.3, -0.25) is 0 Å². The highest BCUT2D eigenvalue weighted by atomic mass is 28.4. The Morgan fingerprint density at radius 1 is 1.05 bits per heavy atom. The maximum atomic E-state index is 12.9.